The van der Waals surface area contributed by atoms with Crippen molar-refractivity contribution in [2.24, 2.45) is 5.41 Å². The summed E-state index contributed by atoms with van der Waals surface area (Å²) in [4.78, 5) is 22.8. The van der Waals surface area contributed by atoms with Gasteiger partial charge in [0.05, 0.1) is 0 Å². The van der Waals surface area contributed by atoms with Crippen molar-refractivity contribution in [2.75, 3.05) is 0 Å². The van der Waals surface area contributed by atoms with Crippen molar-refractivity contribution in [3.8, 4) is 0 Å². The monoisotopic (exact) mass is 211 g/mol. The summed E-state index contributed by atoms with van der Waals surface area (Å²) in [5, 5.41) is 2.39. The van der Waals surface area contributed by atoms with Crippen LogP contribution >= 0.6 is 0 Å². The van der Waals surface area contributed by atoms with E-state index in [9.17, 15) is 9.59 Å². The third kappa shape index (κ3) is 3.33. The van der Waals surface area contributed by atoms with Crippen LogP contribution in [0, 0.1) is 5.41 Å². The molecule has 0 aromatic carbocycles. The van der Waals surface area contributed by atoms with Crippen molar-refractivity contribution >= 4 is 11.8 Å². The lowest BCUT2D eigenvalue weighted by Crippen LogP contribution is -2.44. The highest BCUT2D eigenvalue weighted by atomic mass is 16.2. The van der Waals surface area contributed by atoms with E-state index in [4.69, 9.17) is 0 Å². The second-order valence-corrected chi connectivity index (χ2v) is 4.68. The highest BCUT2D eigenvalue weighted by Crippen LogP contribution is 2.39. The summed E-state index contributed by atoms with van der Waals surface area (Å²) in [6, 6.07) is 0. The molecule has 0 bridgehead atoms. The lowest BCUT2D eigenvalue weighted by Gasteiger charge is -2.35. The minimum Gasteiger partial charge on any atom is -0.296 e. The van der Waals surface area contributed by atoms with E-state index in [-0.39, 0.29) is 17.2 Å². The van der Waals surface area contributed by atoms with Gasteiger partial charge in [-0.3, -0.25) is 14.9 Å². The summed E-state index contributed by atoms with van der Waals surface area (Å²) in [7, 11) is 0. The number of unbranched alkanes of at least 4 members (excludes halogenated alkanes) is 1. The molecule has 0 aromatic heterocycles. The van der Waals surface area contributed by atoms with E-state index in [2.05, 4.69) is 19.2 Å². The molecule has 1 heterocycles. The van der Waals surface area contributed by atoms with Crippen LogP contribution in [0.2, 0.25) is 0 Å². The van der Waals surface area contributed by atoms with Gasteiger partial charge in [-0.1, -0.05) is 33.1 Å². The average molecular weight is 211 g/mol. The SMILES string of the molecule is CCCCC1(CCC)CC(=O)NC(=O)C1. The van der Waals surface area contributed by atoms with Crippen molar-refractivity contribution in [3.05, 3.63) is 0 Å². The van der Waals surface area contributed by atoms with E-state index in [1.165, 1.54) is 0 Å². The van der Waals surface area contributed by atoms with Crippen LogP contribution in [0.25, 0.3) is 0 Å². The minimum atomic E-state index is -0.0872. The molecule has 1 N–H and O–H groups in total. The van der Waals surface area contributed by atoms with Gasteiger partial charge in [0.2, 0.25) is 11.8 Å². The van der Waals surface area contributed by atoms with Gasteiger partial charge in [-0.15, -0.1) is 0 Å². The quantitative estimate of drug-likeness (QED) is 0.710. The van der Waals surface area contributed by atoms with Crippen molar-refractivity contribution in [2.45, 2.75) is 58.8 Å². The van der Waals surface area contributed by atoms with Crippen LogP contribution in [-0.4, -0.2) is 11.8 Å². The third-order valence-corrected chi connectivity index (χ3v) is 3.19. The molecule has 0 aliphatic carbocycles. The fourth-order valence-electron chi connectivity index (χ4n) is 2.55. The second-order valence-electron chi connectivity index (χ2n) is 4.68. The van der Waals surface area contributed by atoms with Gasteiger partial charge in [-0.25, -0.2) is 0 Å². The molecule has 0 radical (unpaired) electrons. The van der Waals surface area contributed by atoms with Gasteiger partial charge < -0.3 is 0 Å². The van der Waals surface area contributed by atoms with E-state index in [1.54, 1.807) is 0 Å². The predicted octanol–water partition coefficient (Wildman–Crippen LogP) is 2.40. The van der Waals surface area contributed by atoms with Crippen LogP contribution in [-0.2, 0) is 9.59 Å². The van der Waals surface area contributed by atoms with Crippen LogP contribution in [0.3, 0.4) is 0 Å². The molecule has 1 aliphatic rings. The Labute approximate surface area is 91.6 Å². The number of rotatable bonds is 5. The Kier molecular flexibility index (Phi) is 4.30. The Balaban J connectivity index is 2.69. The lowest BCUT2D eigenvalue weighted by atomic mass is 9.71. The Bertz CT molecular complexity index is 232. The fourth-order valence-corrected chi connectivity index (χ4v) is 2.55. The van der Waals surface area contributed by atoms with Crippen LogP contribution < -0.4 is 5.32 Å². The van der Waals surface area contributed by atoms with Crippen LogP contribution in [0.4, 0.5) is 0 Å². The summed E-state index contributed by atoms with van der Waals surface area (Å²) < 4.78 is 0. The summed E-state index contributed by atoms with van der Waals surface area (Å²) in [6.07, 6.45) is 6.36. The number of imide groups is 1. The molecular weight excluding hydrogens is 190 g/mol. The zero-order valence-corrected chi connectivity index (χ0v) is 9.77. The first-order valence-corrected chi connectivity index (χ1v) is 5.94. The number of carbonyl (C=O) groups is 2. The molecule has 3 heteroatoms. The molecule has 3 nitrogen and oxygen atoms in total. The van der Waals surface area contributed by atoms with Gasteiger partial charge in [0.25, 0.3) is 0 Å². The molecule has 15 heavy (non-hydrogen) atoms. The summed E-state index contributed by atoms with van der Waals surface area (Å²) in [6.45, 7) is 4.26. The van der Waals surface area contributed by atoms with E-state index in [1.807, 2.05) is 0 Å². The first kappa shape index (κ1) is 12.2. The molecule has 1 fully saturated rings. The fraction of sp³-hybridized carbons (Fsp3) is 0.833. The van der Waals surface area contributed by atoms with Gasteiger partial charge in [-0.2, -0.15) is 0 Å². The van der Waals surface area contributed by atoms with Crippen molar-refractivity contribution in [3.63, 3.8) is 0 Å². The zero-order valence-electron chi connectivity index (χ0n) is 9.77. The van der Waals surface area contributed by atoms with Gasteiger partial charge in [0.15, 0.2) is 0 Å². The minimum absolute atomic E-state index is 0.0375. The number of hydrogen-bond acceptors (Lipinski definition) is 2. The smallest absolute Gasteiger partial charge is 0.227 e. The van der Waals surface area contributed by atoms with E-state index < -0.39 is 0 Å². The summed E-state index contributed by atoms with van der Waals surface area (Å²) in [5.74, 6) is -0.174. The predicted molar refractivity (Wildman–Crippen MR) is 59.2 cm³/mol. The topological polar surface area (TPSA) is 46.2 Å². The summed E-state index contributed by atoms with van der Waals surface area (Å²) >= 11 is 0. The Morgan fingerprint density at radius 2 is 1.67 bits per heavy atom. The maximum Gasteiger partial charge on any atom is 0.227 e. The molecular formula is C12H21NO2. The summed E-state index contributed by atoms with van der Waals surface area (Å²) in [5.41, 5.74) is -0.0375. The number of piperidine rings is 1. The largest absolute Gasteiger partial charge is 0.296 e. The molecule has 1 saturated heterocycles. The maximum atomic E-state index is 11.4. The number of hydrogen-bond donors (Lipinski definition) is 1. The number of amides is 2. The Morgan fingerprint density at radius 1 is 1.07 bits per heavy atom. The second kappa shape index (κ2) is 5.29. The van der Waals surface area contributed by atoms with E-state index in [0.29, 0.717) is 12.8 Å². The molecule has 2 amide bonds. The van der Waals surface area contributed by atoms with Crippen molar-refractivity contribution < 1.29 is 9.59 Å². The third-order valence-electron chi connectivity index (χ3n) is 3.19. The molecule has 1 aliphatic heterocycles. The maximum absolute atomic E-state index is 11.4. The molecule has 0 atom stereocenters. The molecule has 0 aromatic rings. The highest BCUT2D eigenvalue weighted by molar-refractivity contribution is 5.98. The first-order valence-electron chi connectivity index (χ1n) is 5.94. The normalized spacial score (nSPS) is 20.1. The Hall–Kier alpha value is -0.860. The highest BCUT2D eigenvalue weighted by Gasteiger charge is 2.38. The van der Waals surface area contributed by atoms with Crippen LogP contribution in [0.5, 0.6) is 0 Å². The van der Waals surface area contributed by atoms with E-state index in [0.717, 1.165) is 32.1 Å². The van der Waals surface area contributed by atoms with Crippen LogP contribution in [0.1, 0.15) is 58.8 Å². The zero-order chi connectivity index (χ0) is 11.3. The Morgan fingerprint density at radius 3 is 2.13 bits per heavy atom. The van der Waals surface area contributed by atoms with Crippen LogP contribution in [0.15, 0.2) is 0 Å². The first-order chi connectivity index (χ1) is 7.12. The lowest BCUT2D eigenvalue weighted by molar-refractivity contribution is -0.138. The van der Waals surface area contributed by atoms with Gasteiger partial charge in [0, 0.05) is 12.8 Å². The van der Waals surface area contributed by atoms with Crippen molar-refractivity contribution in [1.82, 2.24) is 5.32 Å². The standard InChI is InChI=1S/C12H21NO2/c1-3-5-7-12(6-4-2)8-10(14)13-11(15)9-12/h3-9H2,1-2H3,(H,13,14,15). The number of nitrogens with one attached hydrogen (secondary N) is 1. The number of carbonyl (C=O) groups excluding carboxylic acids is 2. The van der Waals surface area contributed by atoms with Gasteiger partial charge >= 0.3 is 0 Å². The van der Waals surface area contributed by atoms with Crippen molar-refractivity contribution in [1.29, 1.82) is 0 Å². The molecule has 0 saturated carbocycles. The average Bonchev–Trinajstić information content (AvgIpc) is 2.13. The van der Waals surface area contributed by atoms with Gasteiger partial charge in [0.1, 0.15) is 0 Å². The molecule has 0 spiro atoms. The van der Waals surface area contributed by atoms with E-state index >= 15 is 0 Å². The van der Waals surface area contributed by atoms with Gasteiger partial charge in [-0.05, 0) is 18.3 Å². The molecule has 1 rings (SSSR count). The molecule has 0 unspecified atom stereocenters. The molecule has 86 valence electrons.